The first kappa shape index (κ1) is 30.6. The molecule has 0 aliphatic carbocycles. The Balaban J connectivity index is 1.58. The van der Waals surface area contributed by atoms with E-state index in [-0.39, 0.29) is 18.4 Å². The zero-order chi connectivity index (χ0) is 26.6. The molecule has 2 N–H and O–H groups in total. The van der Waals surface area contributed by atoms with Crippen molar-refractivity contribution in [3.05, 3.63) is 64.1 Å². The molecule has 0 radical (unpaired) electrons. The number of ether oxygens (including phenoxy) is 1. The minimum absolute atomic E-state index is 0.0932. The van der Waals surface area contributed by atoms with Crippen molar-refractivity contribution in [2.24, 2.45) is 5.10 Å². The number of unbranched alkanes of at least 4 members (excludes halogenated alkanes) is 10. The van der Waals surface area contributed by atoms with Gasteiger partial charge in [0.25, 0.3) is 5.91 Å². The summed E-state index contributed by atoms with van der Waals surface area (Å²) in [6.07, 6.45) is 15.7. The van der Waals surface area contributed by atoms with Gasteiger partial charge in [-0.05, 0) is 30.2 Å². The maximum atomic E-state index is 12.1. The van der Waals surface area contributed by atoms with E-state index in [0.717, 1.165) is 28.4 Å². The number of amides is 2. The van der Waals surface area contributed by atoms with Gasteiger partial charge >= 0.3 is 0 Å². The minimum atomic E-state index is -0.370. The van der Waals surface area contributed by atoms with Crippen molar-refractivity contribution in [3.8, 4) is 5.75 Å². The van der Waals surface area contributed by atoms with Crippen molar-refractivity contribution in [3.63, 3.8) is 0 Å². The average Bonchev–Trinajstić information content (AvgIpc) is 2.90. The molecule has 7 heteroatoms. The molecule has 202 valence electrons. The Morgan fingerprint density at radius 1 is 0.865 bits per heavy atom. The molecule has 37 heavy (non-hydrogen) atoms. The van der Waals surface area contributed by atoms with Gasteiger partial charge in [-0.1, -0.05) is 117 Å². The van der Waals surface area contributed by atoms with Gasteiger partial charge in [0.05, 0.1) is 12.8 Å². The third kappa shape index (κ3) is 14.6. The molecule has 0 saturated carbocycles. The lowest BCUT2D eigenvalue weighted by Gasteiger charge is -2.10. The Hall–Kier alpha value is -2.67. The van der Waals surface area contributed by atoms with Crippen LogP contribution in [0.5, 0.6) is 5.75 Å². The quantitative estimate of drug-likeness (QED) is 0.105. The van der Waals surface area contributed by atoms with Crippen LogP contribution in [0, 0.1) is 0 Å². The summed E-state index contributed by atoms with van der Waals surface area (Å²) in [6, 6.07) is 15.5. The fourth-order valence-electron chi connectivity index (χ4n) is 3.92. The predicted octanol–water partition coefficient (Wildman–Crippen LogP) is 7.30. The monoisotopic (exact) mass is 571 g/mol. The van der Waals surface area contributed by atoms with Crippen molar-refractivity contribution in [1.29, 1.82) is 0 Å². The summed E-state index contributed by atoms with van der Waals surface area (Å²) in [7, 11) is 0. The first-order chi connectivity index (χ1) is 18.1. The topological polar surface area (TPSA) is 79.8 Å². The summed E-state index contributed by atoms with van der Waals surface area (Å²) in [6.45, 7) is 2.58. The van der Waals surface area contributed by atoms with Crippen LogP contribution in [0.2, 0.25) is 0 Å². The molecule has 0 spiro atoms. The number of halogens is 1. The number of nitrogens with zero attached hydrogens (tertiary/aromatic N) is 1. The van der Waals surface area contributed by atoms with E-state index in [0.29, 0.717) is 18.8 Å². The number of carbonyl (C=O) groups excluding carboxylic acids is 2. The molecule has 0 aliphatic heterocycles. The standard InChI is InChI=1S/C30H42BrN3O3/c1-2-3-4-5-6-7-8-9-10-11-15-18-29(35)32-23-30(36)34-33-22-26-21-27(31)19-20-28(26)37-24-25-16-13-12-14-17-25/h12-14,16-17,19-22H,2-11,15,18,23-24H2,1H3,(H,32,35)(H,34,36)/b33-22-. The summed E-state index contributed by atoms with van der Waals surface area (Å²) in [5.74, 6) is 0.189. The molecule has 0 aliphatic rings. The fourth-order valence-corrected chi connectivity index (χ4v) is 4.30. The van der Waals surface area contributed by atoms with E-state index >= 15 is 0 Å². The molecule has 2 amide bonds. The lowest BCUT2D eigenvalue weighted by molar-refractivity contribution is -0.126. The molecule has 2 aromatic rings. The van der Waals surface area contributed by atoms with Crippen LogP contribution in [-0.4, -0.2) is 24.6 Å². The van der Waals surface area contributed by atoms with Gasteiger partial charge in [0.15, 0.2) is 0 Å². The van der Waals surface area contributed by atoms with E-state index in [1.165, 1.54) is 64.0 Å². The summed E-state index contributed by atoms with van der Waals surface area (Å²) in [5, 5.41) is 6.70. The molecule has 0 atom stereocenters. The zero-order valence-corrected chi connectivity index (χ0v) is 23.7. The van der Waals surface area contributed by atoms with Gasteiger partial charge in [0.1, 0.15) is 12.4 Å². The van der Waals surface area contributed by atoms with Crippen LogP contribution in [0.15, 0.2) is 58.1 Å². The number of benzene rings is 2. The zero-order valence-electron chi connectivity index (χ0n) is 22.1. The first-order valence-corrected chi connectivity index (χ1v) is 14.4. The van der Waals surface area contributed by atoms with Crippen molar-refractivity contribution in [2.75, 3.05) is 6.54 Å². The molecular weight excluding hydrogens is 530 g/mol. The van der Waals surface area contributed by atoms with E-state index in [1.807, 2.05) is 48.5 Å². The summed E-state index contributed by atoms with van der Waals surface area (Å²) in [5.41, 5.74) is 4.25. The van der Waals surface area contributed by atoms with E-state index in [9.17, 15) is 9.59 Å². The third-order valence-corrected chi connectivity index (χ3v) is 6.55. The van der Waals surface area contributed by atoms with Gasteiger partial charge in [-0.15, -0.1) is 0 Å². The second kappa shape index (κ2) is 19.4. The molecule has 0 unspecified atom stereocenters. The molecule has 0 heterocycles. The van der Waals surface area contributed by atoms with Gasteiger partial charge in [0.2, 0.25) is 5.91 Å². The highest BCUT2D eigenvalue weighted by Gasteiger charge is 2.06. The fraction of sp³-hybridized carbons (Fsp3) is 0.500. The van der Waals surface area contributed by atoms with Crippen LogP contribution < -0.4 is 15.5 Å². The highest BCUT2D eigenvalue weighted by atomic mass is 79.9. The highest BCUT2D eigenvalue weighted by Crippen LogP contribution is 2.23. The number of hydrogen-bond donors (Lipinski definition) is 2. The maximum Gasteiger partial charge on any atom is 0.259 e. The number of hydrogen-bond acceptors (Lipinski definition) is 4. The van der Waals surface area contributed by atoms with E-state index < -0.39 is 0 Å². The maximum absolute atomic E-state index is 12.1. The Morgan fingerprint density at radius 3 is 2.19 bits per heavy atom. The van der Waals surface area contributed by atoms with Crippen molar-refractivity contribution < 1.29 is 14.3 Å². The van der Waals surface area contributed by atoms with Crippen LogP contribution in [-0.2, 0) is 16.2 Å². The molecule has 0 saturated heterocycles. The minimum Gasteiger partial charge on any atom is -0.488 e. The molecule has 0 fully saturated rings. The summed E-state index contributed by atoms with van der Waals surface area (Å²) in [4.78, 5) is 24.1. The number of rotatable bonds is 19. The predicted molar refractivity (Wildman–Crippen MR) is 155 cm³/mol. The number of hydrazone groups is 1. The SMILES string of the molecule is CCCCCCCCCCCCCC(=O)NCC(=O)N/N=C\c1cc(Br)ccc1OCc1ccccc1. The molecule has 2 aromatic carbocycles. The Kier molecular flexibility index (Phi) is 16.1. The van der Waals surface area contributed by atoms with Crippen LogP contribution in [0.1, 0.15) is 95.1 Å². The van der Waals surface area contributed by atoms with Crippen LogP contribution in [0.25, 0.3) is 0 Å². The molecule has 0 bridgehead atoms. The molecule has 2 rings (SSSR count). The van der Waals surface area contributed by atoms with E-state index in [2.05, 4.69) is 38.7 Å². The van der Waals surface area contributed by atoms with Crippen LogP contribution >= 0.6 is 15.9 Å². The number of nitrogens with one attached hydrogen (secondary N) is 2. The molecular formula is C30H42BrN3O3. The van der Waals surface area contributed by atoms with Crippen LogP contribution in [0.4, 0.5) is 0 Å². The first-order valence-electron chi connectivity index (χ1n) is 13.6. The lowest BCUT2D eigenvalue weighted by Crippen LogP contribution is -2.34. The summed E-state index contributed by atoms with van der Waals surface area (Å²) < 4.78 is 6.80. The average molecular weight is 573 g/mol. The van der Waals surface area contributed by atoms with Crippen molar-refractivity contribution >= 4 is 34.0 Å². The Morgan fingerprint density at radius 2 is 1.51 bits per heavy atom. The van der Waals surface area contributed by atoms with E-state index in [1.54, 1.807) is 0 Å². The third-order valence-electron chi connectivity index (χ3n) is 6.06. The normalized spacial score (nSPS) is 11.0. The Labute approximate surface area is 230 Å². The van der Waals surface area contributed by atoms with Crippen LogP contribution in [0.3, 0.4) is 0 Å². The van der Waals surface area contributed by atoms with Gasteiger partial charge in [-0.3, -0.25) is 9.59 Å². The second-order valence-corrected chi connectivity index (χ2v) is 10.2. The van der Waals surface area contributed by atoms with Gasteiger partial charge in [-0.25, -0.2) is 5.43 Å². The lowest BCUT2D eigenvalue weighted by atomic mass is 10.1. The largest absolute Gasteiger partial charge is 0.488 e. The number of carbonyl (C=O) groups is 2. The van der Waals surface area contributed by atoms with Crippen molar-refractivity contribution in [2.45, 2.75) is 90.6 Å². The second-order valence-electron chi connectivity index (χ2n) is 9.31. The van der Waals surface area contributed by atoms with Gasteiger partial charge in [-0.2, -0.15) is 5.10 Å². The van der Waals surface area contributed by atoms with Gasteiger partial charge < -0.3 is 10.1 Å². The molecule has 6 nitrogen and oxygen atoms in total. The Bertz CT molecular complexity index is 950. The summed E-state index contributed by atoms with van der Waals surface area (Å²) >= 11 is 3.45. The smallest absolute Gasteiger partial charge is 0.259 e. The molecule has 0 aromatic heterocycles. The highest BCUT2D eigenvalue weighted by molar-refractivity contribution is 9.10. The van der Waals surface area contributed by atoms with E-state index in [4.69, 9.17) is 4.74 Å². The van der Waals surface area contributed by atoms with Crippen molar-refractivity contribution in [1.82, 2.24) is 10.7 Å². The van der Waals surface area contributed by atoms with Gasteiger partial charge in [0, 0.05) is 16.5 Å².